The van der Waals surface area contributed by atoms with Gasteiger partial charge in [-0.15, -0.1) is 0 Å². The number of hydrogen-bond donors (Lipinski definition) is 0. The van der Waals surface area contributed by atoms with Crippen LogP contribution in [-0.4, -0.2) is 19.2 Å². The van der Waals surface area contributed by atoms with E-state index in [0.29, 0.717) is 0 Å². The van der Waals surface area contributed by atoms with Crippen LogP contribution in [-0.2, 0) is 14.6 Å². The molecular formula is C9H17O3. The third kappa shape index (κ3) is 5.13. The maximum absolute atomic E-state index is 11.0. The Morgan fingerprint density at radius 2 is 2.17 bits per heavy atom. The minimum Gasteiger partial charge on any atom is -0.463 e. The highest BCUT2D eigenvalue weighted by molar-refractivity contribution is 5.71. The maximum atomic E-state index is 11.0. The second-order valence-corrected chi connectivity index (χ2v) is 2.91. The van der Waals surface area contributed by atoms with E-state index in [1.165, 1.54) is 0 Å². The first-order chi connectivity index (χ1) is 5.72. The number of carbonyl (C=O) groups is 1. The van der Waals surface area contributed by atoms with E-state index in [-0.39, 0.29) is 25.1 Å². The van der Waals surface area contributed by atoms with Crippen LogP contribution in [0.5, 0.6) is 0 Å². The Balaban J connectivity index is 3.47. The maximum Gasteiger partial charge on any atom is 0.308 e. The average Bonchev–Trinajstić information content (AvgIpc) is 2.10. The van der Waals surface area contributed by atoms with E-state index in [0.717, 1.165) is 19.3 Å². The Morgan fingerprint density at radius 3 is 2.67 bits per heavy atom. The molecular weight excluding hydrogens is 156 g/mol. The lowest BCUT2D eigenvalue weighted by atomic mass is 10.1. The summed E-state index contributed by atoms with van der Waals surface area (Å²) < 4.78 is 4.70. The van der Waals surface area contributed by atoms with Gasteiger partial charge in [-0.05, 0) is 6.42 Å². The topological polar surface area (TPSA) is 46.2 Å². The molecule has 0 aliphatic rings. The fourth-order valence-electron chi connectivity index (χ4n) is 0.913. The second-order valence-electron chi connectivity index (χ2n) is 2.91. The fraction of sp³-hybridized carbons (Fsp3) is 0.889. The third-order valence-corrected chi connectivity index (χ3v) is 1.72. The minimum atomic E-state index is -0.341. The van der Waals surface area contributed by atoms with E-state index >= 15 is 0 Å². The molecule has 12 heavy (non-hydrogen) atoms. The first kappa shape index (κ1) is 11.4. The van der Waals surface area contributed by atoms with Gasteiger partial charge in [-0.1, -0.05) is 26.7 Å². The summed E-state index contributed by atoms with van der Waals surface area (Å²) in [6.07, 6.45) is 2.97. The van der Waals surface area contributed by atoms with Crippen LogP contribution >= 0.6 is 0 Å². The van der Waals surface area contributed by atoms with Crippen molar-refractivity contribution in [2.45, 2.75) is 33.1 Å². The molecule has 0 heterocycles. The molecule has 71 valence electrons. The van der Waals surface area contributed by atoms with Crippen molar-refractivity contribution >= 4 is 5.97 Å². The van der Waals surface area contributed by atoms with Gasteiger partial charge in [0.2, 0.25) is 0 Å². The average molecular weight is 173 g/mol. The molecule has 0 fully saturated rings. The number of hydrogen-bond acceptors (Lipinski definition) is 2. The van der Waals surface area contributed by atoms with Gasteiger partial charge >= 0.3 is 5.97 Å². The van der Waals surface area contributed by atoms with Crippen molar-refractivity contribution in [1.82, 2.24) is 0 Å². The minimum absolute atomic E-state index is 0.00922. The molecule has 0 N–H and O–H groups in total. The van der Waals surface area contributed by atoms with Gasteiger partial charge in [0.15, 0.2) is 0 Å². The highest BCUT2D eigenvalue weighted by Crippen LogP contribution is 2.08. The van der Waals surface area contributed by atoms with E-state index in [9.17, 15) is 9.90 Å². The lowest BCUT2D eigenvalue weighted by Crippen LogP contribution is -2.16. The Hall–Kier alpha value is -0.570. The van der Waals surface area contributed by atoms with Crippen LogP contribution in [0.25, 0.3) is 0 Å². The Kier molecular flexibility index (Phi) is 6.76. The third-order valence-electron chi connectivity index (χ3n) is 1.72. The van der Waals surface area contributed by atoms with Gasteiger partial charge in [0.05, 0.1) is 5.92 Å². The molecule has 0 aliphatic heterocycles. The molecule has 0 saturated carbocycles. The monoisotopic (exact) mass is 173 g/mol. The Labute approximate surface area is 73.7 Å². The molecule has 0 aromatic heterocycles. The summed E-state index contributed by atoms with van der Waals surface area (Å²) in [6, 6.07) is 0. The van der Waals surface area contributed by atoms with Gasteiger partial charge in [0, 0.05) is 0 Å². The molecule has 0 amide bonds. The first-order valence-corrected chi connectivity index (χ1v) is 4.47. The number of ether oxygens (including phenoxy) is 1. The molecule has 0 aliphatic carbocycles. The number of carbonyl (C=O) groups excluding carboxylic acids is 1. The molecule has 0 spiro atoms. The van der Waals surface area contributed by atoms with Crippen LogP contribution in [0.3, 0.4) is 0 Å². The SMILES string of the molecule is CCCCC(C)C(=O)OCC[O]. The van der Waals surface area contributed by atoms with Crippen LogP contribution in [0.2, 0.25) is 0 Å². The molecule has 1 atom stereocenters. The van der Waals surface area contributed by atoms with Crippen molar-refractivity contribution in [3.05, 3.63) is 0 Å². The molecule has 1 unspecified atom stereocenters. The summed E-state index contributed by atoms with van der Waals surface area (Å²) in [5.74, 6) is -0.296. The van der Waals surface area contributed by atoms with Gasteiger partial charge in [0.25, 0.3) is 0 Å². The summed E-state index contributed by atoms with van der Waals surface area (Å²) in [7, 11) is 0. The predicted octanol–water partition coefficient (Wildman–Crippen LogP) is 1.79. The van der Waals surface area contributed by atoms with Crippen LogP contribution in [0, 0.1) is 5.92 Å². The smallest absolute Gasteiger partial charge is 0.308 e. The van der Waals surface area contributed by atoms with Crippen molar-refractivity contribution < 1.29 is 14.6 Å². The lowest BCUT2D eigenvalue weighted by Gasteiger charge is -2.08. The van der Waals surface area contributed by atoms with Crippen molar-refractivity contribution in [2.24, 2.45) is 5.92 Å². The zero-order valence-corrected chi connectivity index (χ0v) is 7.84. The van der Waals surface area contributed by atoms with Crippen LogP contribution in [0.15, 0.2) is 0 Å². The molecule has 0 aromatic carbocycles. The molecule has 0 aromatic rings. The Bertz CT molecular complexity index is 123. The number of unbranched alkanes of at least 4 members (excludes halogenated alkanes) is 1. The van der Waals surface area contributed by atoms with Crippen LogP contribution in [0.1, 0.15) is 33.1 Å². The quantitative estimate of drug-likeness (QED) is 0.575. The molecule has 0 rings (SSSR count). The van der Waals surface area contributed by atoms with Crippen molar-refractivity contribution in [2.75, 3.05) is 13.2 Å². The van der Waals surface area contributed by atoms with E-state index < -0.39 is 0 Å². The number of rotatable bonds is 6. The summed E-state index contributed by atoms with van der Waals surface area (Å²) in [6.45, 7) is 3.58. The van der Waals surface area contributed by atoms with Crippen molar-refractivity contribution in [3.63, 3.8) is 0 Å². The van der Waals surface area contributed by atoms with Gasteiger partial charge in [-0.25, -0.2) is 5.11 Å². The summed E-state index contributed by atoms with van der Waals surface area (Å²) >= 11 is 0. The van der Waals surface area contributed by atoms with Gasteiger partial charge < -0.3 is 4.74 Å². The fourth-order valence-corrected chi connectivity index (χ4v) is 0.913. The van der Waals surface area contributed by atoms with Gasteiger partial charge in [-0.2, -0.15) is 0 Å². The zero-order valence-electron chi connectivity index (χ0n) is 7.84. The Morgan fingerprint density at radius 1 is 1.50 bits per heavy atom. The molecule has 3 heteroatoms. The van der Waals surface area contributed by atoms with Crippen LogP contribution < -0.4 is 0 Å². The van der Waals surface area contributed by atoms with Gasteiger partial charge in [0.1, 0.15) is 13.2 Å². The van der Waals surface area contributed by atoms with E-state index in [4.69, 9.17) is 4.74 Å². The largest absolute Gasteiger partial charge is 0.463 e. The van der Waals surface area contributed by atoms with Gasteiger partial charge in [-0.3, -0.25) is 4.79 Å². The van der Waals surface area contributed by atoms with E-state index in [1.54, 1.807) is 0 Å². The molecule has 3 nitrogen and oxygen atoms in total. The van der Waals surface area contributed by atoms with E-state index in [2.05, 4.69) is 6.92 Å². The highest BCUT2D eigenvalue weighted by atomic mass is 16.5. The first-order valence-electron chi connectivity index (χ1n) is 4.47. The summed E-state index contributed by atoms with van der Waals surface area (Å²) in [5, 5.41) is 9.99. The molecule has 0 saturated heterocycles. The zero-order chi connectivity index (χ0) is 9.40. The van der Waals surface area contributed by atoms with Crippen LogP contribution in [0.4, 0.5) is 0 Å². The van der Waals surface area contributed by atoms with E-state index in [1.807, 2.05) is 6.92 Å². The number of esters is 1. The second kappa shape index (κ2) is 7.10. The standard InChI is InChI=1S/C9H17O3/c1-3-4-5-8(2)9(11)12-7-6-10/h8H,3-7H2,1-2H3. The van der Waals surface area contributed by atoms with Crippen molar-refractivity contribution in [1.29, 1.82) is 0 Å². The predicted molar refractivity (Wildman–Crippen MR) is 45.2 cm³/mol. The van der Waals surface area contributed by atoms with Crippen molar-refractivity contribution in [3.8, 4) is 0 Å². The molecule has 0 bridgehead atoms. The highest BCUT2D eigenvalue weighted by Gasteiger charge is 2.12. The summed E-state index contributed by atoms with van der Waals surface area (Å²) in [5.41, 5.74) is 0. The molecule has 1 radical (unpaired) electrons. The summed E-state index contributed by atoms with van der Waals surface area (Å²) in [4.78, 5) is 11.0. The normalized spacial score (nSPS) is 12.6. The lowest BCUT2D eigenvalue weighted by molar-refractivity contribution is -0.149.